The van der Waals surface area contributed by atoms with E-state index >= 15 is 0 Å². The molecule has 0 aromatic heterocycles. The number of ketones is 1. The molecule has 2 aromatic carbocycles. The minimum absolute atomic E-state index is 0.184. The van der Waals surface area contributed by atoms with Gasteiger partial charge in [0.05, 0.1) is 12.7 Å². The van der Waals surface area contributed by atoms with Crippen molar-refractivity contribution in [2.45, 2.75) is 31.8 Å². The maximum absolute atomic E-state index is 12.9. The second-order valence-electron chi connectivity index (χ2n) is 6.32. The summed E-state index contributed by atoms with van der Waals surface area (Å²) >= 11 is 0. The lowest BCUT2D eigenvalue weighted by Crippen LogP contribution is -2.28. The molecule has 0 bridgehead atoms. The highest BCUT2D eigenvalue weighted by molar-refractivity contribution is 6.01. The molecule has 0 N–H and O–H groups in total. The second-order valence-corrected chi connectivity index (χ2v) is 6.32. The first-order chi connectivity index (χ1) is 11.9. The number of hydrogen-bond acceptors (Lipinski definition) is 5. The van der Waals surface area contributed by atoms with Crippen molar-refractivity contribution in [3.8, 4) is 0 Å². The van der Waals surface area contributed by atoms with Crippen LogP contribution in [-0.4, -0.2) is 30.8 Å². The van der Waals surface area contributed by atoms with E-state index in [9.17, 15) is 9.59 Å². The Bertz CT molecular complexity index is 764. The van der Waals surface area contributed by atoms with Crippen LogP contribution in [0.15, 0.2) is 54.6 Å². The van der Waals surface area contributed by atoms with Crippen LogP contribution in [0.1, 0.15) is 46.2 Å². The summed E-state index contributed by atoms with van der Waals surface area (Å²) in [5, 5.41) is 0. The fourth-order valence-electron chi connectivity index (χ4n) is 2.89. The van der Waals surface area contributed by atoms with Gasteiger partial charge in [-0.15, -0.1) is 0 Å². The molecule has 1 heterocycles. The maximum atomic E-state index is 12.9. The highest BCUT2D eigenvalue weighted by Gasteiger charge is 2.45. The van der Waals surface area contributed by atoms with Gasteiger partial charge in [-0.3, -0.25) is 4.79 Å². The van der Waals surface area contributed by atoms with Crippen molar-refractivity contribution in [3.05, 3.63) is 71.3 Å². The first kappa shape index (κ1) is 17.3. The zero-order valence-corrected chi connectivity index (χ0v) is 14.4. The van der Waals surface area contributed by atoms with E-state index in [1.807, 2.05) is 30.3 Å². The lowest BCUT2D eigenvalue weighted by Gasteiger charge is -2.16. The highest BCUT2D eigenvalue weighted by Crippen LogP contribution is 2.39. The van der Waals surface area contributed by atoms with Gasteiger partial charge in [0.15, 0.2) is 17.7 Å². The standard InChI is InChI=1S/C20H20O5/c1-20(2)24-17(14-7-5-4-6-8-14)18(25-20)16(21)13-9-11-15(12-10-13)19(22)23-3/h4-12,17-18H,1-3H3/t17-,18+/m0/s1. The van der Waals surface area contributed by atoms with Crippen LogP contribution in [0.25, 0.3) is 0 Å². The quantitative estimate of drug-likeness (QED) is 0.629. The Morgan fingerprint density at radius 2 is 1.52 bits per heavy atom. The number of benzene rings is 2. The summed E-state index contributed by atoms with van der Waals surface area (Å²) in [6.45, 7) is 3.58. The zero-order valence-electron chi connectivity index (χ0n) is 14.4. The molecule has 3 rings (SSSR count). The van der Waals surface area contributed by atoms with Gasteiger partial charge in [0.25, 0.3) is 0 Å². The van der Waals surface area contributed by atoms with E-state index in [4.69, 9.17) is 9.47 Å². The van der Waals surface area contributed by atoms with Crippen molar-refractivity contribution < 1.29 is 23.8 Å². The molecule has 0 saturated carbocycles. The molecule has 2 aromatic rings. The van der Waals surface area contributed by atoms with Gasteiger partial charge in [-0.05, 0) is 31.5 Å². The van der Waals surface area contributed by atoms with Crippen LogP contribution < -0.4 is 0 Å². The number of ether oxygens (including phenoxy) is 3. The molecule has 1 aliphatic rings. The number of hydrogen-bond donors (Lipinski definition) is 0. The second kappa shape index (κ2) is 6.78. The number of carbonyl (C=O) groups excluding carboxylic acids is 2. The number of rotatable bonds is 4. The normalized spacial score (nSPS) is 21.7. The van der Waals surface area contributed by atoms with Gasteiger partial charge in [0.2, 0.25) is 0 Å². The van der Waals surface area contributed by atoms with Crippen LogP contribution in [0.5, 0.6) is 0 Å². The minimum atomic E-state index is -0.854. The fourth-order valence-corrected chi connectivity index (χ4v) is 2.89. The molecule has 2 atom stereocenters. The Hall–Kier alpha value is -2.50. The average molecular weight is 340 g/mol. The van der Waals surface area contributed by atoms with Gasteiger partial charge in [0, 0.05) is 5.56 Å². The van der Waals surface area contributed by atoms with E-state index in [2.05, 4.69) is 4.74 Å². The number of methoxy groups -OCH3 is 1. The largest absolute Gasteiger partial charge is 0.465 e. The molecular weight excluding hydrogens is 320 g/mol. The van der Waals surface area contributed by atoms with Crippen LogP contribution in [0.2, 0.25) is 0 Å². The Kier molecular flexibility index (Phi) is 4.70. The van der Waals surface area contributed by atoms with Crippen LogP contribution in [0.4, 0.5) is 0 Å². The SMILES string of the molecule is COC(=O)c1ccc(C(=O)[C@H]2OC(C)(C)O[C@H]2c2ccccc2)cc1. The zero-order chi connectivity index (χ0) is 18.0. The monoisotopic (exact) mass is 340 g/mol. The molecular formula is C20H20O5. The molecule has 1 aliphatic heterocycles. The Labute approximate surface area is 146 Å². The van der Waals surface area contributed by atoms with Crippen LogP contribution in [0.3, 0.4) is 0 Å². The molecule has 0 amide bonds. The predicted molar refractivity (Wildman–Crippen MR) is 91.3 cm³/mol. The highest BCUT2D eigenvalue weighted by atomic mass is 16.8. The van der Waals surface area contributed by atoms with Gasteiger partial charge in [-0.25, -0.2) is 4.79 Å². The number of Topliss-reactive ketones (excluding diaryl/α,β-unsaturated/α-hetero) is 1. The molecule has 0 unspecified atom stereocenters. The van der Waals surface area contributed by atoms with Crippen molar-refractivity contribution in [2.75, 3.05) is 7.11 Å². The summed E-state index contributed by atoms with van der Waals surface area (Å²) in [7, 11) is 1.32. The number of carbonyl (C=O) groups is 2. The van der Waals surface area contributed by atoms with E-state index in [1.165, 1.54) is 7.11 Å². The van der Waals surface area contributed by atoms with E-state index in [-0.39, 0.29) is 5.78 Å². The third-order valence-corrected chi connectivity index (χ3v) is 4.07. The van der Waals surface area contributed by atoms with Crippen molar-refractivity contribution in [1.29, 1.82) is 0 Å². The van der Waals surface area contributed by atoms with E-state index in [1.54, 1.807) is 38.1 Å². The Balaban J connectivity index is 1.87. The van der Waals surface area contributed by atoms with E-state index < -0.39 is 24.0 Å². The van der Waals surface area contributed by atoms with Crippen molar-refractivity contribution in [1.82, 2.24) is 0 Å². The molecule has 130 valence electrons. The first-order valence-electron chi connectivity index (χ1n) is 8.04. The van der Waals surface area contributed by atoms with Crippen molar-refractivity contribution in [3.63, 3.8) is 0 Å². The van der Waals surface area contributed by atoms with Gasteiger partial charge < -0.3 is 14.2 Å². The van der Waals surface area contributed by atoms with Crippen molar-refractivity contribution in [2.24, 2.45) is 0 Å². The first-order valence-corrected chi connectivity index (χ1v) is 8.04. The summed E-state index contributed by atoms with van der Waals surface area (Å²) in [4.78, 5) is 24.5. The topological polar surface area (TPSA) is 61.8 Å². The summed E-state index contributed by atoms with van der Waals surface area (Å²) < 4.78 is 16.5. The summed E-state index contributed by atoms with van der Waals surface area (Å²) in [5.74, 6) is -1.48. The Morgan fingerprint density at radius 3 is 2.12 bits per heavy atom. The van der Waals surface area contributed by atoms with E-state index in [0.29, 0.717) is 11.1 Å². The van der Waals surface area contributed by atoms with Crippen LogP contribution in [0, 0.1) is 0 Å². The van der Waals surface area contributed by atoms with Gasteiger partial charge >= 0.3 is 5.97 Å². The lowest BCUT2D eigenvalue weighted by atomic mass is 9.97. The molecule has 0 radical (unpaired) electrons. The maximum Gasteiger partial charge on any atom is 0.337 e. The molecule has 5 heteroatoms. The third-order valence-electron chi connectivity index (χ3n) is 4.07. The summed E-state index contributed by atoms with van der Waals surface area (Å²) in [6, 6.07) is 15.9. The van der Waals surface area contributed by atoms with Gasteiger partial charge in [-0.2, -0.15) is 0 Å². The minimum Gasteiger partial charge on any atom is -0.465 e. The predicted octanol–water partition coefficient (Wildman–Crippen LogP) is 3.55. The van der Waals surface area contributed by atoms with Gasteiger partial charge in [-0.1, -0.05) is 42.5 Å². The van der Waals surface area contributed by atoms with Crippen molar-refractivity contribution >= 4 is 11.8 Å². The Morgan fingerprint density at radius 1 is 0.920 bits per heavy atom. The number of esters is 1. The smallest absolute Gasteiger partial charge is 0.337 e. The molecule has 0 spiro atoms. The van der Waals surface area contributed by atoms with E-state index in [0.717, 1.165) is 5.56 Å². The average Bonchev–Trinajstić information content (AvgIpc) is 2.97. The summed E-state index contributed by atoms with van der Waals surface area (Å²) in [5.41, 5.74) is 1.74. The van der Waals surface area contributed by atoms with Crippen LogP contribution >= 0.6 is 0 Å². The third kappa shape index (κ3) is 3.62. The molecule has 1 saturated heterocycles. The lowest BCUT2D eigenvalue weighted by molar-refractivity contribution is -0.143. The molecule has 5 nitrogen and oxygen atoms in total. The van der Waals surface area contributed by atoms with Crippen LogP contribution in [-0.2, 0) is 14.2 Å². The summed E-state index contributed by atoms with van der Waals surface area (Å²) in [6.07, 6.45) is -1.23. The molecule has 1 fully saturated rings. The fraction of sp³-hybridized carbons (Fsp3) is 0.300. The molecule has 0 aliphatic carbocycles. The van der Waals surface area contributed by atoms with Gasteiger partial charge in [0.1, 0.15) is 6.10 Å². The molecule has 25 heavy (non-hydrogen) atoms.